The Kier molecular flexibility index (Phi) is 8.36. The van der Waals surface area contributed by atoms with Gasteiger partial charge in [0.2, 0.25) is 0 Å². The molecule has 1 aliphatic heterocycles. The van der Waals surface area contributed by atoms with Crippen molar-refractivity contribution < 1.29 is 4.74 Å². The van der Waals surface area contributed by atoms with Crippen molar-refractivity contribution in [2.24, 2.45) is 0 Å². The molecule has 9 aromatic carbocycles. The molecule has 1 spiro atoms. The molecule has 62 heavy (non-hydrogen) atoms. The van der Waals surface area contributed by atoms with Crippen LogP contribution in [0.2, 0.25) is 0 Å². The second kappa shape index (κ2) is 14.5. The zero-order valence-corrected chi connectivity index (χ0v) is 33.6. The molecule has 4 nitrogen and oxygen atoms in total. The molecule has 1 aliphatic carbocycles. The van der Waals surface area contributed by atoms with E-state index in [1.54, 1.807) is 0 Å². The van der Waals surface area contributed by atoms with Crippen LogP contribution in [0.5, 0.6) is 11.5 Å². The van der Waals surface area contributed by atoms with Gasteiger partial charge in [0.05, 0.1) is 5.41 Å². The summed E-state index contributed by atoms with van der Waals surface area (Å²) in [6.45, 7) is 0. The largest absolute Gasteiger partial charge is 0.457 e. The molecule has 0 fully saturated rings. The average Bonchev–Trinajstić information content (AvgIpc) is 3.64. The van der Waals surface area contributed by atoms with Gasteiger partial charge in [0.25, 0.3) is 0 Å². The summed E-state index contributed by atoms with van der Waals surface area (Å²) in [4.78, 5) is 15.3. The maximum absolute atomic E-state index is 6.75. The first-order valence-electron chi connectivity index (χ1n) is 21.0. The van der Waals surface area contributed by atoms with Crippen molar-refractivity contribution in [3.05, 3.63) is 247 Å². The zero-order chi connectivity index (χ0) is 41.0. The molecule has 2 heterocycles. The summed E-state index contributed by atoms with van der Waals surface area (Å²) in [5, 5.41) is 0. The molecule has 290 valence electrons. The molecule has 0 atom stereocenters. The van der Waals surface area contributed by atoms with Crippen molar-refractivity contribution >= 4 is 0 Å². The molecule has 1 aromatic heterocycles. The van der Waals surface area contributed by atoms with E-state index in [0.29, 0.717) is 17.5 Å². The molecule has 10 aromatic rings. The molecule has 0 unspecified atom stereocenters. The Balaban J connectivity index is 1.11. The number of benzene rings is 9. The number of fused-ring (bicyclic) bond motifs is 9. The highest BCUT2D eigenvalue weighted by Gasteiger charge is 2.51. The second-order valence-corrected chi connectivity index (χ2v) is 15.9. The Bertz CT molecular complexity index is 2970. The lowest BCUT2D eigenvalue weighted by Crippen LogP contribution is -2.32. The van der Waals surface area contributed by atoms with E-state index >= 15 is 0 Å². The summed E-state index contributed by atoms with van der Waals surface area (Å²) < 4.78 is 6.75. The fourth-order valence-electron chi connectivity index (χ4n) is 9.54. The number of hydrogen-bond donors (Lipinski definition) is 0. The van der Waals surface area contributed by atoms with Gasteiger partial charge in [0, 0.05) is 27.8 Å². The van der Waals surface area contributed by atoms with Crippen LogP contribution in [0.25, 0.3) is 78.7 Å². The van der Waals surface area contributed by atoms with Crippen molar-refractivity contribution in [3.8, 4) is 90.2 Å². The highest BCUT2D eigenvalue weighted by molar-refractivity contribution is 5.92. The maximum atomic E-state index is 6.75. The molecular formula is C58H37N3O. The minimum atomic E-state index is -0.709. The van der Waals surface area contributed by atoms with Crippen molar-refractivity contribution in [2.75, 3.05) is 0 Å². The Morgan fingerprint density at radius 2 is 0.613 bits per heavy atom. The fraction of sp³-hybridized carbons (Fsp3) is 0.0172. The third-order valence-electron chi connectivity index (χ3n) is 12.4. The van der Waals surface area contributed by atoms with E-state index in [9.17, 15) is 0 Å². The predicted molar refractivity (Wildman–Crippen MR) is 250 cm³/mol. The van der Waals surface area contributed by atoms with Gasteiger partial charge in [-0.2, -0.15) is 0 Å². The normalized spacial score (nSPS) is 12.8. The van der Waals surface area contributed by atoms with Crippen LogP contribution in [0.3, 0.4) is 0 Å². The van der Waals surface area contributed by atoms with Crippen LogP contribution in [-0.2, 0) is 5.41 Å². The van der Waals surface area contributed by atoms with Gasteiger partial charge in [-0.05, 0) is 98.1 Å². The first kappa shape index (κ1) is 35.7. The number of para-hydroxylation sites is 2. The smallest absolute Gasteiger partial charge is 0.164 e. The maximum Gasteiger partial charge on any atom is 0.164 e. The van der Waals surface area contributed by atoms with Crippen LogP contribution >= 0.6 is 0 Å². The quantitative estimate of drug-likeness (QED) is 0.168. The molecule has 0 N–H and O–H groups in total. The standard InChI is InChI=1S/C58H37N3O/c1-5-17-38(18-6-1)44-33-45(39-19-7-2-8-20-39)35-46(34-44)42-29-31-47-48-32-30-43(57-60-55(40-21-9-3-10-22-40)59-56(61-57)41-23-11-4-12-24-41)37-52(48)58(51(47)36-42)49-25-13-15-27-53(49)62-54-28-16-14-26-50(54)58/h1-37H. The van der Waals surface area contributed by atoms with E-state index in [1.165, 1.54) is 38.9 Å². The van der Waals surface area contributed by atoms with Crippen LogP contribution in [-0.4, -0.2) is 15.0 Å². The second-order valence-electron chi connectivity index (χ2n) is 15.9. The molecule has 0 amide bonds. The van der Waals surface area contributed by atoms with Crippen molar-refractivity contribution in [1.29, 1.82) is 0 Å². The molecule has 0 bridgehead atoms. The highest BCUT2D eigenvalue weighted by Crippen LogP contribution is 2.63. The molecular weight excluding hydrogens is 755 g/mol. The van der Waals surface area contributed by atoms with Gasteiger partial charge in [-0.3, -0.25) is 0 Å². The molecule has 4 heteroatoms. The Hall–Kier alpha value is -8.21. The number of aromatic nitrogens is 3. The monoisotopic (exact) mass is 791 g/mol. The first-order valence-corrected chi connectivity index (χ1v) is 21.0. The van der Waals surface area contributed by atoms with E-state index in [0.717, 1.165) is 56.0 Å². The van der Waals surface area contributed by atoms with E-state index in [1.807, 2.05) is 60.7 Å². The van der Waals surface area contributed by atoms with E-state index < -0.39 is 5.41 Å². The summed E-state index contributed by atoms with van der Waals surface area (Å²) >= 11 is 0. The summed E-state index contributed by atoms with van der Waals surface area (Å²) in [6, 6.07) is 79.4. The summed E-state index contributed by atoms with van der Waals surface area (Å²) in [5.41, 5.74) is 16.0. The SMILES string of the molecule is c1ccc(-c2cc(-c3ccccc3)cc(-c3ccc4c(c3)C3(c5ccccc5Oc5ccccc53)c3cc(-c5nc(-c6ccccc6)nc(-c6ccccc6)n5)ccc3-4)c2)cc1. The van der Waals surface area contributed by atoms with Crippen molar-refractivity contribution in [1.82, 2.24) is 15.0 Å². The minimum absolute atomic E-state index is 0.618. The van der Waals surface area contributed by atoms with Crippen LogP contribution in [0.4, 0.5) is 0 Å². The summed E-state index contributed by atoms with van der Waals surface area (Å²) in [7, 11) is 0. The third kappa shape index (κ3) is 5.80. The Labute approximate surface area is 360 Å². The van der Waals surface area contributed by atoms with Gasteiger partial charge < -0.3 is 4.74 Å². The predicted octanol–water partition coefficient (Wildman–Crippen LogP) is 14.3. The summed E-state index contributed by atoms with van der Waals surface area (Å²) in [5.74, 6) is 3.57. The first-order chi connectivity index (χ1) is 30.7. The van der Waals surface area contributed by atoms with Gasteiger partial charge in [-0.15, -0.1) is 0 Å². The van der Waals surface area contributed by atoms with Gasteiger partial charge in [-0.1, -0.05) is 182 Å². The molecule has 0 saturated heterocycles. The number of ether oxygens (including phenoxy) is 1. The third-order valence-corrected chi connectivity index (χ3v) is 12.4. The van der Waals surface area contributed by atoms with Crippen LogP contribution in [0, 0.1) is 0 Å². The van der Waals surface area contributed by atoms with Crippen LogP contribution < -0.4 is 4.74 Å². The summed E-state index contributed by atoms with van der Waals surface area (Å²) in [6.07, 6.45) is 0. The highest BCUT2D eigenvalue weighted by atomic mass is 16.5. The van der Waals surface area contributed by atoms with E-state index in [2.05, 4.69) is 164 Å². The van der Waals surface area contributed by atoms with Gasteiger partial charge in [-0.25, -0.2) is 15.0 Å². The van der Waals surface area contributed by atoms with Gasteiger partial charge in [0.15, 0.2) is 17.5 Å². The lowest BCUT2D eigenvalue weighted by molar-refractivity contribution is 0.436. The van der Waals surface area contributed by atoms with Gasteiger partial charge in [0.1, 0.15) is 11.5 Å². The Morgan fingerprint density at radius 1 is 0.258 bits per heavy atom. The molecule has 2 aliphatic rings. The van der Waals surface area contributed by atoms with Crippen LogP contribution in [0.1, 0.15) is 22.3 Å². The number of hydrogen-bond acceptors (Lipinski definition) is 4. The lowest BCUT2D eigenvalue weighted by Gasteiger charge is -2.39. The topological polar surface area (TPSA) is 47.9 Å². The zero-order valence-electron chi connectivity index (χ0n) is 33.6. The number of rotatable bonds is 6. The molecule has 0 radical (unpaired) electrons. The van der Waals surface area contributed by atoms with Crippen molar-refractivity contribution in [2.45, 2.75) is 5.41 Å². The number of nitrogens with zero attached hydrogens (tertiary/aromatic N) is 3. The fourth-order valence-corrected chi connectivity index (χ4v) is 9.54. The minimum Gasteiger partial charge on any atom is -0.457 e. The average molecular weight is 792 g/mol. The van der Waals surface area contributed by atoms with Crippen molar-refractivity contribution in [3.63, 3.8) is 0 Å². The van der Waals surface area contributed by atoms with E-state index in [4.69, 9.17) is 19.7 Å². The Morgan fingerprint density at radius 3 is 1.08 bits per heavy atom. The van der Waals surface area contributed by atoms with Gasteiger partial charge >= 0.3 is 0 Å². The van der Waals surface area contributed by atoms with E-state index in [-0.39, 0.29) is 0 Å². The molecule has 12 rings (SSSR count). The van der Waals surface area contributed by atoms with Crippen LogP contribution in [0.15, 0.2) is 224 Å². The molecule has 0 saturated carbocycles. The lowest BCUT2D eigenvalue weighted by atomic mass is 9.65.